The smallest absolute Gasteiger partial charge is 0.339 e. The molecule has 150 valence electrons. The Bertz CT molecular complexity index is 841. The molecule has 1 heterocycles. The predicted octanol–water partition coefficient (Wildman–Crippen LogP) is 4.43. The number of nitrogens with one attached hydrogen (secondary N) is 1. The Morgan fingerprint density at radius 3 is 2.57 bits per heavy atom. The normalized spacial score (nSPS) is 16.1. The van der Waals surface area contributed by atoms with E-state index in [-0.39, 0.29) is 11.9 Å². The molecule has 1 amide bonds. The number of hydrogen-bond donors (Lipinski definition) is 1. The number of rotatable bonds is 6. The van der Waals surface area contributed by atoms with E-state index in [0.717, 1.165) is 48.7 Å². The molecule has 0 aliphatic heterocycles. The van der Waals surface area contributed by atoms with Crippen molar-refractivity contribution in [3.63, 3.8) is 0 Å². The quantitative estimate of drug-likeness (QED) is 0.751. The number of pyridine rings is 1. The van der Waals surface area contributed by atoms with Gasteiger partial charge in [-0.15, -0.1) is 0 Å². The van der Waals surface area contributed by atoms with Gasteiger partial charge in [0.15, 0.2) is 6.10 Å². The molecule has 0 saturated heterocycles. The number of fused-ring (bicyclic) bond motifs is 1. The summed E-state index contributed by atoms with van der Waals surface area (Å²) < 4.78 is 5.53. The van der Waals surface area contributed by atoms with Crippen molar-refractivity contribution in [3.8, 4) is 0 Å². The fourth-order valence-electron chi connectivity index (χ4n) is 3.76. The van der Waals surface area contributed by atoms with Gasteiger partial charge in [0.05, 0.1) is 11.1 Å². The molecule has 1 aromatic carbocycles. The monoisotopic (exact) mass is 382 g/mol. The van der Waals surface area contributed by atoms with Gasteiger partial charge in [-0.1, -0.05) is 51.3 Å². The largest absolute Gasteiger partial charge is 0.449 e. The standard InChI is InChI=1S/C23H30N2O3/c1-15(2)13-18-14-20(19-11-7-8-12-21(19)24-18)23(27)28-16(3)22(26)25-17-9-5-4-6-10-17/h7-8,11-12,14-17H,4-6,9-10,13H2,1-3H3,(H,25,26)/t16-/m0/s1. The number of carbonyl (C=O) groups is 2. The van der Waals surface area contributed by atoms with Crippen molar-refractivity contribution in [2.45, 2.75) is 71.4 Å². The SMILES string of the molecule is CC(C)Cc1cc(C(=O)O[C@@H](C)C(=O)NC2CCCCC2)c2ccccc2n1. The molecule has 28 heavy (non-hydrogen) atoms. The summed E-state index contributed by atoms with van der Waals surface area (Å²) in [6.45, 7) is 5.87. The summed E-state index contributed by atoms with van der Waals surface area (Å²) in [4.78, 5) is 30.0. The van der Waals surface area contributed by atoms with E-state index in [1.165, 1.54) is 6.42 Å². The maximum Gasteiger partial charge on any atom is 0.339 e. The van der Waals surface area contributed by atoms with Gasteiger partial charge in [-0.3, -0.25) is 9.78 Å². The molecule has 1 atom stereocenters. The first-order valence-corrected chi connectivity index (χ1v) is 10.3. The van der Waals surface area contributed by atoms with Crippen molar-refractivity contribution in [1.29, 1.82) is 0 Å². The third-order valence-electron chi connectivity index (χ3n) is 5.21. The number of carbonyl (C=O) groups excluding carboxylic acids is 2. The van der Waals surface area contributed by atoms with E-state index in [2.05, 4.69) is 24.1 Å². The molecular weight excluding hydrogens is 352 g/mol. The minimum atomic E-state index is -0.824. The van der Waals surface area contributed by atoms with Crippen LogP contribution < -0.4 is 5.32 Å². The van der Waals surface area contributed by atoms with Crippen LogP contribution in [0.5, 0.6) is 0 Å². The summed E-state index contributed by atoms with van der Waals surface area (Å²) >= 11 is 0. The van der Waals surface area contributed by atoms with Gasteiger partial charge in [-0.05, 0) is 44.2 Å². The van der Waals surface area contributed by atoms with Crippen LogP contribution >= 0.6 is 0 Å². The molecule has 0 bridgehead atoms. The van der Waals surface area contributed by atoms with Crippen molar-refractivity contribution in [1.82, 2.24) is 10.3 Å². The molecule has 0 unspecified atom stereocenters. The lowest BCUT2D eigenvalue weighted by Crippen LogP contribution is -2.42. The van der Waals surface area contributed by atoms with Crippen LogP contribution in [0.15, 0.2) is 30.3 Å². The topological polar surface area (TPSA) is 68.3 Å². The molecule has 1 aliphatic rings. The second kappa shape index (κ2) is 9.18. The van der Waals surface area contributed by atoms with Gasteiger partial charge >= 0.3 is 5.97 Å². The van der Waals surface area contributed by atoms with Gasteiger partial charge in [0.2, 0.25) is 0 Å². The first-order valence-electron chi connectivity index (χ1n) is 10.3. The molecule has 3 rings (SSSR count). The molecule has 2 aromatic rings. The van der Waals surface area contributed by atoms with Gasteiger partial charge in [-0.25, -0.2) is 4.79 Å². The molecule has 0 spiro atoms. The van der Waals surface area contributed by atoms with Crippen molar-refractivity contribution in [2.75, 3.05) is 0 Å². The van der Waals surface area contributed by atoms with E-state index in [1.54, 1.807) is 13.0 Å². The Hall–Kier alpha value is -2.43. The lowest BCUT2D eigenvalue weighted by atomic mass is 9.95. The summed E-state index contributed by atoms with van der Waals surface area (Å²) in [5.74, 6) is -0.270. The second-order valence-corrected chi connectivity index (χ2v) is 8.17. The zero-order valence-corrected chi connectivity index (χ0v) is 17.0. The molecule has 1 aromatic heterocycles. The number of esters is 1. The number of nitrogens with zero attached hydrogens (tertiary/aromatic N) is 1. The van der Waals surface area contributed by atoms with Crippen LogP contribution in [-0.4, -0.2) is 29.0 Å². The number of benzene rings is 1. The lowest BCUT2D eigenvalue weighted by Gasteiger charge is -2.24. The van der Waals surface area contributed by atoms with Crippen molar-refractivity contribution < 1.29 is 14.3 Å². The van der Waals surface area contributed by atoms with Crippen LogP contribution in [0, 0.1) is 5.92 Å². The van der Waals surface area contributed by atoms with Gasteiger partial charge < -0.3 is 10.1 Å². The highest BCUT2D eigenvalue weighted by Crippen LogP contribution is 2.22. The molecule has 1 aliphatic carbocycles. The number of para-hydroxylation sites is 1. The molecule has 1 fully saturated rings. The van der Waals surface area contributed by atoms with Gasteiger partial charge in [-0.2, -0.15) is 0 Å². The van der Waals surface area contributed by atoms with Gasteiger partial charge in [0.25, 0.3) is 5.91 Å². The predicted molar refractivity (Wildman–Crippen MR) is 110 cm³/mol. The highest BCUT2D eigenvalue weighted by Gasteiger charge is 2.24. The maximum atomic E-state index is 12.9. The van der Waals surface area contributed by atoms with E-state index < -0.39 is 12.1 Å². The van der Waals surface area contributed by atoms with Crippen LogP contribution in [0.4, 0.5) is 0 Å². The first kappa shape index (κ1) is 20.3. The van der Waals surface area contributed by atoms with Crippen molar-refractivity contribution in [2.24, 2.45) is 5.92 Å². The molecular formula is C23H30N2O3. The molecule has 1 saturated carbocycles. The Morgan fingerprint density at radius 2 is 1.86 bits per heavy atom. The highest BCUT2D eigenvalue weighted by atomic mass is 16.5. The Labute approximate surface area is 166 Å². The van der Waals surface area contributed by atoms with E-state index in [9.17, 15) is 9.59 Å². The molecule has 5 heteroatoms. The van der Waals surface area contributed by atoms with E-state index in [4.69, 9.17) is 4.74 Å². The molecule has 5 nitrogen and oxygen atoms in total. The van der Waals surface area contributed by atoms with E-state index in [1.807, 2.05) is 24.3 Å². The van der Waals surface area contributed by atoms with Gasteiger partial charge in [0, 0.05) is 17.1 Å². The van der Waals surface area contributed by atoms with Crippen LogP contribution in [-0.2, 0) is 16.0 Å². The van der Waals surface area contributed by atoms with Gasteiger partial charge in [0.1, 0.15) is 0 Å². The number of hydrogen-bond acceptors (Lipinski definition) is 4. The summed E-state index contributed by atoms with van der Waals surface area (Å²) in [6.07, 6.45) is 5.46. The second-order valence-electron chi connectivity index (χ2n) is 8.17. The third-order valence-corrected chi connectivity index (χ3v) is 5.21. The summed E-state index contributed by atoms with van der Waals surface area (Å²) in [5.41, 5.74) is 2.10. The van der Waals surface area contributed by atoms with Crippen LogP contribution in [0.3, 0.4) is 0 Å². The summed E-state index contributed by atoms with van der Waals surface area (Å²) in [6, 6.07) is 9.55. The van der Waals surface area contributed by atoms with Crippen LogP contribution in [0.1, 0.15) is 68.9 Å². The lowest BCUT2D eigenvalue weighted by molar-refractivity contribution is -0.130. The van der Waals surface area contributed by atoms with Crippen LogP contribution in [0.2, 0.25) is 0 Å². The zero-order chi connectivity index (χ0) is 20.1. The Balaban J connectivity index is 1.75. The average molecular weight is 383 g/mol. The number of amides is 1. The molecule has 0 radical (unpaired) electrons. The zero-order valence-electron chi connectivity index (χ0n) is 17.0. The average Bonchev–Trinajstić information content (AvgIpc) is 2.67. The van der Waals surface area contributed by atoms with Crippen molar-refractivity contribution in [3.05, 3.63) is 41.6 Å². The Morgan fingerprint density at radius 1 is 1.14 bits per heavy atom. The Kier molecular flexibility index (Phi) is 6.65. The first-order chi connectivity index (χ1) is 13.4. The minimum Gasteiger partial charge on any atom is -0.449 e. The van der Waals surface area contributed by atoms with E-state index >= 15 is 0 Å². The summed E-state index contributed by atoms with van der Waals surface area (Å²) in [7, 11) is 0. The maximum absolute atomic E-state index is 12.9. The number of aromatic nitrogens is 1. The fourth-order valence-corrected chi connectivity index (χ4v) is 3.76. The fraction of sp³-hybridized carbons (Fsp3) is 0.522. The highest BCUT2D eigenvalue weighted by molar-refractivity contribution is 6.04. The summed E-state index contributed by atoms with van der Waals surface area (Å²) in [5, 5.41) is 3.77. The third kappa shape index (κ3) is 5.09. The van der Waals surface area contributed by atoms with E-state index in [0.29, 0.717) is 11.5 Å². The minimum absolute atomic E-state index is 0.196. The molecule has 1 N–H and O–H groups in total. The number of ether oxygens (including phenoxy) is 1. The van der Waals surface area contributed by atoms with Crippen molar-refractivity contribution >= 4 is 22.8 Å². The van der Waals surface area contributed by atoms with Crippen LogP contribution in [0.25, 0.3) is 10.9 Å².